The maximum absolute atomic E-state index is 12.0. The van der Waals surface area contributed by atoms with Gasteiger partial charge < -0.3 is 10.6 Å². The first-order chi connectivity index (χ1) is 10.1. The maximum atomic E-state index is 12.0. The van der Waals surface area contributed by atoms with Crippen LogP contribution in [0.25, 0.3) is 0 Å². The van der Waals surface area contributed by atoms with Crippen molar-refractivity contribution in [2.75, 3.05) is 13.1 Å². The van der Waals surface area contributed by atoms with Crippen LogP contribution in [0.4, 0.5) is 0 Å². The molecule has 1 fully saturated rings. The number of aliphatic imine (C=N–C) groups is 1. The maximum Gasteiger partial charge on any atom is 0.240 e. The molecule has 0 radical (unpaired) electrons. The van der Waals surface area contributed by atoms with E-state index < -0.39 is 10.0 Å². The summed E-state index contributed by atoms with van der Waals surface area (Å²) in [6.07, 6.45) is 2.94. The lowest BCUT2D eigenvalue weighted by molar-refractivity contribution is 0.581. The predicted molar refractivity (Wildman–Crippen MR) is 81.5 cm³/mol. The van der Waals surface area contributed by atoms with Crippen LogP contribution in [0.15, 0.2) is 34.2 Å². The van der Waals surface area contributed by atoms with Crippen LogP contribution in [0.1, 0.15) is 24.8 Å². The fourth-order valence-corrected chi connectivity index (χ4v) is 3.42. The van der Waals surface area contributed by atoms with Gasteiger partial charge in [-0.25, -0.2) is 13.1 Å². The van der Waals surface area contributed by atoms with Crippen LogP contribution in [0.5, 0.6) is 0 Å². The quantitative estimate of drug-likeness (QED) is 0.742. The van der Waals surface area contributed by atoms with E-state index in [2.05, 4.69) is 20.3 Å². The van der Waals surface area contributed by atoms with E-state index in [9.17, 15) is 8.42 Å². The molecule has 1 aromatic carbocycles. The number of guanidine groups is 1. The Bertz CT molecular complexity index is 621. The minimum absolute atomic E-state index is 0.131. The highest BCUT2D eigenvalue weighted by molar-refractivity contribution is 7.89. The number of sulfonamides is 1. The summed E-state index contributed by atoms with van der Waals surface area (Å²) >= 11 is 0. The molecule has 1 saturated carbocycles. The molecule has 1 heterocycles. The third-order valence-corrected chi connectivity index (χ3v) is 5.03. The van der Waals surface area contributed by atoms with Crippen LogP contribution >= 0.6 is 0 Å². The molecule has 6 nitrogen and oxygen atoms in total. The minimum Gasteiger partial charge on any atom is -0.356 e. The zero-order valence-corrected chi connectivity index (χ0v) is 12.6. The van der Waals surface area contributed by atoms with Crippen molar-refractivity contribution in [3.05, 3.63) is 29.8 Å². The highest BCUT2D eigenvalue weighted by Crippen LogP contribution is 2.22. The molecular weight excluding hydrogens is 288 g/mol. The van der Waals surface area contributed by atoms with E-state index in [0.29, 0.717) is 11.4 Å². The molecule has 0 spiro atoms. The van der Waals surface area contributed by atoms with Gasteiger partial charge in [-0.2, -0.15) is 0 Å². The number of hydrogen-bond acceptors (Lipinski definition) is 5. The van der Waals surface area contributed by atoms with Crippen LogP contribution in [0, 0.1) is 0 Å². The monoisotopic (exact) mass is 308 g/mol. The van der Waals surface area contributed by atoms with Crippen molar-refractivity contribution in [3.63, 3.8) is 0 Å². The minimum atomic E-state index is -3.36. The topological polar surface area (TPSA) is 82.6 Å². The summed E-state index contributed by atoms with van der Waals surface area (Å²) in [5, 5.41) is 6.40. The van der Waals surface area contributed by atoms with Crippen molar-refractivity contribution in [2.24, 2.45) is 4.99 Å². The number of rotatable bonds is 5. The van der Waals surface area contributed by atoms with E-state index in [-0.39, 0.29) is 6.04 Å². The van der Waals surface area contributed by atoms with Gasteiger partial charge in [0.1, 0.15) is 0 Å². The third kappa shape index (κ3) is 3.95. The fourth-order valence-electron chi connectivity index (χ4n) is 2.11. The molecule has 2 aliphatic rings. The number of nitrogens with one attached hydrogen (secondary N) is 3. The molecular formula is C14H20N4O2S. The summed E-state index contributed by atoms with van der Waals surface area (Å²) in [5.74, 6) is 0.813. The van der Waals surface area contributed by atoms with Crippen LogP contribution in [0.2, 0.25) is 0 Å². The Balaban J connectivity index is 1.59. The first-order valence-electron chi connectivity index (χ1n) is 7.27. The highest BCUT2D eigenvalue weighted by atomic mass is 32.2. The normalized spacial score (nSPS) is 18.8. The van der Waals surface area contributed by atoms with Crippen molar-refractivity contribution in [3.8, 4) is 0 Å². The second kappa shape index (κ2) is 6.03. The van der Waals surface area contributed by atoms with Crippen molar-refractivity contribution >= 4 is 16.0 Å². The van der Waals surface area contributed by atoms with Gasteiger partial charge in [-0.3, -0.25) is 4.99 Å². The summed E-state index contributed by atoms with van der Waals surface area (Å²) in [6, 6.07) is 7.09. The van der Waals surface area contributed by atoms with Crippen LogP contribution < -0.4 is 15.4 Å². The molecule has 0 unspecified atom stereocenters. The molecule has 3 N–H and O–H groups in total. The molecule has 3 rings (SSSR count). The van der Waals surface area contributed by atoms with Gasteiger partial charge in [0.2, 0.25) is 10.0 Å². The second-order valence-electron chi connectivity index (χ2n) is 5.40. The lowest BCUT2D eigenvalue weighted by atomic mass is 10.2. The van der Waals surface area contributed by atoms with Gasteiger partial charge in [0, 0.05) is 25.7 Å². The van der Waals surface area contributed by atoms with E-state index in [4.69, 9.17) is 0 Å². The van der Waals surface area contributed by atoms with E-state index in [0.717, 1.165) is 43.9 Å². The van der Waals surface area contributed by atoms with E-state index in [1.807, 2.05) is 12.1 Å². The third-order valence-electron chi connectivity index (χ3n) is 3.49. The largest absolute Gasteiger partial charge is 0.356 e. The molecule has 0 bridgehead atoms. The van der Waals surface area contributed by atoms with Crippen molar-refractivity contribution in [1.82, 2.24) is 15.4 Å². The molecule has 1 aliphatic heterocycles. The van der Waals surface area contributed by atoms with E-state index >= 15 is 0 Å². The Hall–Kier alpha value is -1.60. The first-order valence-corrected chi connectivity index (χ1v) is 8.75. The molecule has 7 heteroatoms. The van der Waals surface area contributed by atoms with Crippen molar-refractivity contribution in [1.29, 1.82) is 0 Å². The molecule has 114 valence electrons. The van der Waals surface area contributed by atoms with Gasteiger partial charge in [0.25, 0.3) is 0 Å². The Morgan fingerprint density at radius 2 is 2.00 bits per heavy atom. The summed E-state index contributed by atoms with van der Waals surface area (Å²) in [4.78, 5) is 4.65. The average Bonchev–Trinajstić information content (AvgIpc) is 3.30. The molecule has 0 amide bonds. The number of nitrogens with zero attached hydrogens (tertiary/aromatic N) is 1. The standard InChI is InChI=1S/C14H20N4O2S/c19-21(20,18-12-4-5-12)13-6-2-11(3-7-13)10-17-14-15-8-1-9-16-14/h2-3,6-7,12,18H,1,4-5,8-10H2,(H2,15,16,17). The smallest absolute Gasteiger partial charge is 0.240 e. The zero-order chi connectivity index (χ0) is 14.7. The Morgan fingerprint density at radius 1 is 1.24 bits per heavy atom. The van der Waals surface area contributed by atoms with Crippen LogP contribution in [0.3, 0.4) is 0 Å². The summed E-state index contributed by atoms with van der Waals surface area (Å²) in [6.45, 7) is 2.41. The lowest BCUT2D eigenvalue weighted by Crippen LogP contribution is -2.40. The Kier molecular flexibility index (Phi) is 4.12. The van der Waals surface area contributed by atoms with Crippen LogP contribution in [-0.4, -0.2) is 33.5 Å². The SMILES string of the molecule is O=S(=O)(NC1CC1)c1ccc(CNC2=NCCCN2)cc1. The first kappa shape index (κ1) is 14.3. The summed E-state index contributed by atoms with van der Waals surface area (Å²) in [5.41, 5.74) is 1.02. The van der Waals surface area contributed by atoms with Gasteiger partial charge in [0.15, 0.2) is 5.96 Å². The average molecular weight is 308 g/mol. The zero-order valence-electron chi connectivity index (χ0n) is 11.8. The van der Waals surface area contributed by atoms with Gasteiger partial charge >= 0.3 is 0 Å². The number of hydrogen-bond donors (Lipinski definition) is 3. The van der Waals surface area contributed by atoms with Crippen molar-refractivity contribution in [2.45, 2.75) is 36.7 Å². The van der Waals surface area contributed by atoms with Gasteiger partial charge in [0.05, 0.1) is 4.90 Å². The predicted octanol–water partition coefficient (Wildman–Crippen LogP) is 0.566. The Labute approximate surface area is 125 Å². The Morgan fingerprint density at radius 3 is 2.62 bits per heavy atom. The van der Waals surface area contributed by atoms with Gasteiger partial charge in [-0.1, -0.05) is 12.1 Å². The summed E-state index contributed by atoms with van der Waals surface area (Å²) in [7, 11) is -3.36. The van der Waals surface area contributed by atoms with E-state index in [1.165, 1.54) is 0 Å². The number of benzene rings is 1. The van der Waals surface area contributed by atoms with Crippen molar-refractivity contribution < 1.29 is 8.42 Å². The van der Waals surface area contributed by atoms with Gasteiger partial charge in [-0.15, -0.1) is 0 Å². The second-order valence-corrected chi connectivity index (χ2v) is 7.12. The molecule has 21 heavy (non-hydrogen) atoms. The molecule has 1 aliphatic carbocycles. The van der Waals surface area contributed by atoms with Gasteiger partial charge in [-0.05, 0) is 37.0 Å². The molecule has 0 aromatic heterocycles. The van der Waals surface area contributed by atoms with E-state index in [1.54, 1.807) is 12.1 Å². The molecule has 0 atom stereocenters. The fraction of sp³-hybridized carbons (Fsp3) is 0.500. The highest BCUT2D eigenvalue weighted by Gasteiger charge is 2.27. The molecule has 0 saturated heterocycles. The molecule has 1 aromatic rings. The summed E-state index contributed by atoms with van der Waals surface area (Å²) < 4.78 is 26.8. The van der Waals surface area contributed by atoms with Crippen LogP contribution in [-0.2, 0) is 16.6 Å². The lowest BCUT2D eigenvalue weighted by Gasteiger charge is -2.16.